The lowest BCUT2D eigenvalue weighted by atomic mass is 9.96. The van der Waals surface area contributed by atoms with E-state index in [9.17, 15) is 32.9 Å². The van der Waals surface area contributed by atoms with Crippen molar-refractivity contribution in [2.45, 2.75) is 19.0 Å². The molecule has 2 rings (SSSR count). The van der Waals surface area contributed by atoms with Crippen molar-refractivity contribution < 1.29 is 37.2 Å². The summed E-state index contributed by atoms with van der Waals surface area (Å²) in [5.74, 6) is -1.52. The van der Waals surface area contributed by atoms with Crippen LogP contribution in [0.1, 0.15) is 18.4 Å². The molecule has 166 valence electrons. The first-order chi connectivity index (χ1) is 14.1. The number of halogens is 3. The first-order valence-electron chi connectivity index (χ1n) is 9.16. The van der Waals surface area contributed by atoms with Crippen LogP contribution < -0.4 is 10.2 Å². The monoisotopic (exact) mass is 433 g/mol. The fourth-order valence-corrected chi connectivity index (χ4v) is 3.07. The Labute approximate surface area is 170 Å². The van der Waals surface area contributed by atoms with Gasteiger partial charge in [-0.3, -0.25) is 19.7 Å². The second-order valence-electron chi connectivity index (χ2n) is 6.67. The molecule has 0 saturated carbocycles. The van der Waals surface area contributed by atoms with Crippen LogP contribution in [0.15, 0.2) is 18.2 Å². The molecule has 1 aromatic carbocycles. The molecule has 1 aliphatic heterocycles. The van der Waals surface area contributed by atoms with Gasteiger partial charge in [-0.1, -0.05) is 0 Å². The topological polar surface area (TPSA) is 111 Å². The molecule has 1 N–H and O–H groups in total. The number of rotatable bonds is 8. The number of benzene rings is 1. The quantitative estimate of drug-likeness (QED) is 0.289. The molecule has 0 unspecified atom stereocenters. The van der Waals surface area contributed by atoms with Crippen molar-refractivity contribution in [3.63, 3.8) is 0 Å². The van der Waals surface area contributed by atoms with Gasteiger partial charge in [0.05, 0.1) is 23.0 Å². The Bertz CT molecular complexity index is 779. The van der Waals surface area contributed by atoms with Crippen LogP contribution >= 0.6 is 0 Å². The van der Waals surface area contributed by atoms with E-state index in [0.29, 0.717) is 25.5 Å². The molecule has 1 saturated heterocycles. The molecule has 1 heterocycles. The first kappa shape index (κ1) is 23.4. The molecule has 9 nitrogen and oxygen atoms in total. The minimum atomic E-state index is -4.68. The lowest BCUT2D eigenvalue weighted by Crippen LogP contribution is -2.38. The fourth-order valence-electron chi connectivity index (χ4n) is 3.07. The first-order valence-corrected chi connectivity index (χ1v) is 9.16. The Morgan fingerprint density at radius 1 is 1.30 bits per heavy atom. The average molecular weight is 433 g/mol. The second-order valence-corrected chi connectivity index (χ2v) is 6.67. The Balaban J connectivity index is 1.93. The fraction of sp³-hybridized carbons (Fsp3) is 0.556. The van der Waals surface area contributed by atoms with Gasteiger partial charge in [-0.2, -0.15) is 13.2 Å². The van der Waals surface area contributed by atoms with Crippen LogP contribution in [0.4, 0.5) is 24.5 Å². The van der Waals surface area contributed by atoms with E-state index in [1.807, 2.05) is 0 Å². The summed E-state index contributed by atoms with van der Waals surface area (Å²) in [4.78, 5) is 35.6. The lowest BCUT2D eigenvalue weighted by molar-refractivity contribution is -0.384. The normalized spacial score (nSPS) is 15.0. The van der Waals surface area contributed by atoms with Gasteiger partial charge in [0.25, 0.3) is 11.6 Å². The van der Waals surface area contributed by atoms with Crippen molar-refractivity contribution in [1.82, 2.24) is 5.32 Å². The number of hydrogen-bond donors (Lipinski definition) is 1. The molecule has 1 amide bonds. The molecule has 12 heteroatoms. The molecule has 0 aliphatic carbocycles. The van der Waals surface area contributed by atoms with Gasteiger partial charge < -0.3 is 19.7 Å². The van der Waals surface area contributed by atoms with Gasteiger partial charge in [0.1, 0.15) is 5.69 Å². The van der Waals surface area contributed by atoms with E-state index < -0.39 is 46.8 Å². The van der Waals surface area contributed by atoms with Crippen molar-refractivity contribution >= 4 is 23.3 Å². The van der Waals surface area contributed by atoms with E-state index in [4.69, 9.17) is 9.47 Å². The summed E-state index contributed by atoms with van der Waals surface area (Å²) >= 11 is 0. The highest BCUT2D eigenvalue weighted by Crippen LogP contribution is 2.37. The zero-order valence-electron chi connectivity index (χ0n) is 16.2. The van der Waals surface area contributed by atoms with Crippen LogP contribution in [0.5, 0.6) is 0 Å². The highest BCUT2D eigenvalue weighted by molar-refractivity contribution is 5.81. The van der Waals surface area contributed by atoms with Gasteiger partial charge in [-0.05, 0) is 25.0 Å². The number of methoxy groups -OCH3 is 1. The maximum Gasteiger partial charge on any atom is 0.416 e. The van der Waals surface area contributed by atoms with Crippen LogP contribution in [-0.4, -0.2) is 56.8 Å². The number of nitrogens with zero attached hydrogens (tertiary/aromatic N) is 2. The number of ether oxygens (including phenoxy) is 2. The van der Waals surface area contributed by atoms with Crippen molar-refractivity contribution in [3.05, 3.63) is 33.9 Å². The number of carbonyl (C=O) groups excluding carboxylic acids is 2. The summed E-state index contributed by atoms with van der Waals surface area (Å²) in [6, 6.07) is 2.38. The maximum absolute atomic E-state index is 12.8. The SMILES string of the molecule is COCCNC(=O)COC(=O)C1CCN(c2ccc(C(F)(F)F)cc2[N+](=O)[O-])CC1. The van der Waals surface area contributed by atoms with Crippen LogP contribution in [0, 0.1) is 16.0 Å². The third-order valence-electron chi connectivity index (χ3n) is 4.64. The zero-order valence-corrected chi connectivity index (χ0v) is 16.2. The van der Waals surface area contributed by atoms with Crippen LogP contribution in [0.25, 0.3) is 0 Å². The minimum Gasteiger partial charge on any atom is -0.455 e. The smallest absolute Gasteiger partial charge is 0.416 e. The molecular weight excluding hydrogens is 411 g/mol. The molecule has 0 aromatic heterocycles. The number of amides is 1. The largest absolute Gasteiger partial charge is 0.455 e. The number of anilines is 1. The van der Waals surface area contributed by atoms with Crippen molar-refractivity contribution in [1.29, 1.82) is 0 Å². The molecule has 1 aromatic rings. The summed E-state index contributed by atoms with van der Waals surface area (Å²) in [7, 11) is 1.48. The van der Waals surface area contributed by atoms with Gasteiger partial charge in [0.2, 0.25) is 0 Å². The van der Waals surface area contributed by atoms with Crippen molar-refractivity contribution in [2.24, 2.45) is 5.92 Å². The molecule has 1 aliphatic rings. The van der Waals surface area contributed by atoms with E-state index in [1.165, 1.54) is 7.11 Å². The van der Waals surface area contributed by atoms with E-state index >= 15 is 0 Å². The summed E-state index contributed by atoms with van der Waals surface area (Å²) in [6.07, 6.45) is -4.10. The van der Waals surface area contributed by atoms with Crippen LogP contribution in [0.2, 0.25) is 0 Å². The number of alkyl halides is 3. The van der Waals surface area contributed by atoms with Crippen molar-refractivity contribution in [2.75, 3.05) is 44.9 Å². The highest BCUT2D eigenvalue weighted by Gasteiger charge is 2.35. The van der Waals surface area contributed by atoms with Gasteiger partial charge >= 0.3 is 12.1 Å². The molecular formula is C18H22F3N3O6. The van der Waals surface area contributed by atoms with Crippen LogP contribution in [0.3, 0.4) is 0 Å². The molecule has 0 spiro atoms. The van der Waals surface area contributed by atoms with E-state index in [0.717, 1.165) is 12.1 Å². The molecule has 0 radical (unpaired) electrons. The van der Waals surface area contributed by atoms with Gasteiger partial charge in [-0.25, -0.2) is 0 Å². The van der Waals surface area contributed by atoms with Gasteiger partial charge in [0, 0.05) is 32.8 Å². The van der Waals surface area contributed by atoms with Crippen LogP contribution in [-0.2, 0) is 25.2 Å². The average Bonchev–Trinajstić information content (AvgIpc) is 2.71. The summed E-state index contributed by atoms with van der Waals surface area (Å²) in [5, 5.41) is 13.8. The Morgan fingerprint density at radius 3 is 2.53 bits per heavy atom. The lowest BCUT2D eigenvalue weighted by Gasteiger charge is -2.32. The Kier molecular flexibility index (Phi) is 7.98. The van der Waals surface area contributed by atoms with Gasteiger partial charge in [0.15, 0.2) is 6.61 Å². The zero-order chi connectivity index (χ0) is 22.3. The highest BCUT2D eigenvalue weighted by atomic mass is 19.4. The summed E-state index contributed by atoms with van der Waals surface area (Å²) in [5.41, 5.74) is -1.67. The number of nitrogens with one attached hydrogen (secondary N) is 1. The molecule has 0 atom stereocenters. The Hall–Kier alpha value is -2.89. The van der Waals surface area contributed by atoms with E-state index in [1.54, 1.807) is 4.90 Å². The predicted molar refractivity (Wildman–Crippen MR) is 98.9 cm³/mol. The molecule has 1 fully saturated rings. The standard InChI is InChI=1S/C18H22F3N3O6/c1-29-9-6-22-16(25)11-30-17(26)12-4-7-23(8-5-12)14-3-2-13(18(19,20)21)10-15(14)24(27)28/h2-3,10,12H,4-9,11H2,1H3,(H,22,25). The third-order valence-corrected chi connectivity index (χ3v) is 4.64. The molecule has 0 bridgehead atoms. The van der Waals surface area contributed by atoms with Gasteiger partial charge in [-0.15, -0.1) is 0 Å². The second kappa shape index (κ2) is 10.2. The van der Waals surface area contributed by atoms with E-state index in [-0.39, 0.29) is 25.3 Å². The summed E-state index contributed by atoms with van der Waals surface area (Å²) in [6.45, 7) is 0.649. The number of nitro benzene ring substituents is 1. The minimum absolute atomic E-state index is 0.0670. The summed E-state index contributed by atoms with van der Waals surface area (Å²) < 4.78 is 48.3. The molecule has 30 heavy (non-hydrogen) atoms. The number of hydrogen-bond acceptors (Lipinski definition) is 7. The number of nitro groups is 1. The Morgan fingerprint density at radius 2 is 1.97 bits per heavy atom. The third kappa shape index (κ3) is 6.31. The predicted octanol–water partition coefficient (Wildman–Crippen LogP) is 2.14. The van der Waals surface area contributed by atoms with E-state index in [2.05, 4.69) is 5.32 Å². The number of piperidine rings is 1. The van der Waals surface area contributed by atoms with Crippen molar-refractivity contribution in [3.8, 4) is 0 Å². The maximum atomic E-state index is 12.8. The number of carbonyl (C=O) groups is 2. The number of esters is 1.